The minimum atomic E-state index is 0.0114. The third-order valence-electron chi connectivity index (χ3n) is 3.67. The molecule has 5 nitrogen and oxygen atoms in total. The average molecular weight is 301 g/mol. The fraction of sp³-hybridized carbons (Fsp3) is 0.471. The number of amides is 1. The number of hydrogen-bond acceptors (Lipinski definition) is 4. The van der Waals surface area contributed by atoms with Gasteiger partial charge in [0.25, 0.3) is 0 Å². The van der Waals surface area contributed by atoms with Gasteiger partial charge in [-0.25, -0.2) is 0 Å². The highest BCUT2D eigenvalue weighted by Crippen LogP contribution is 2.18. The van der Waals surface area contributed by atoms with Crippen LogP contribution in [0.15, 0.2) is 22.7 Å². The molecule has 118 valence electrons. The minimum Gasteiger partial charge on any atom is -0.339 e. The Hall–Kier alpha value is -2.17. The predicted molar refractivity (Wildman–Crippen MR) is 85.9 cm³/mol. The normalized spacial score (nSPS) is 11.0. The number of rotatable bonds is 6. The number of hydrogen-bond donors (Lipinski definition) is 1. The van der Waals surface area contributed by atoms with Crippen LogP contribution in [0.25, 0.3) is 0 Å². The highest BCUT2D eigenvalue weighted by Gasteiger charge is 2.11. The van der Waals surface area contributed by atoms with Crippen molar-refractivity contribution in [1.29, 1.82) is 0 Å². The van der Waals surface area contributed by atoms with Gasteiger partial charge in [-0.2, -0.15) is 4.98 Å². The molecule has 5 heteroatoms. The number of benzene rings is 1. The van der Waals surface area contributed by atoms with Gasteiger partial charge in [-0.05, 0) is 37.5 Å². The Morgan fingerprint density at radius 1 is 1.32 bits per heavy atom. The first-order valence-electron chi connectivity index (χ1n) is 7.66. The summed E-state index contributed by atoms with van der Waals surface area (Å²) in [5, 5.41) is 6.87. The van der Waals surface area contributed by atoms with E-state index >= 15 is 0 Å². The zero-order chi connectivity index (χ0) is 16.1. The quantitative estimate of drug-likeness (QED) is 0.881. The summed E-state index contributed by atoms with van der Waals surface area (Å²) in [6.45, 7) is 8.09. The molecule has 1 amide bonds. The van der Waals surface area contributed by atoms with Gasteiger partial charge in [0.2, 0.25) is 11.8 Å². The molecule has 0 bridgehead atoms. The molecule has 0 unspecified atom stereocenters. The zero-order valence-corrected chi connectivity index (χ0v) is 13.6. The SMILES string of the molecule is Cc1cccc(NC(=O)CCCc2nc(C(C)C)no2)c1C. The topological polar surface area (TPSA) is 68.0 Å². The lowest BCUT2D eigenvalue weighted by Gasteiger charge is -2.09. The van der Waals surface area contributed by atoms with E-state index in [9.17, 15) is 4.79 Å². The number of anilines is 1. The molecule has 0 aliphatic rings. The second-order valence-electron chi connectivity index (χ2n) is 5.85. The fourth-order valence-electron chi connectivity index (χ4n) is 2.10. The van der Waals surface area contributed by atoms with Gasteiger partial charge < -0.3 is 9.84 Å². The van der Waals surface area contributed by atoms with Crippen LogP contribution < -0.4 is 5.32 Å². The van der Waals surface area contributed by atoms with Crippen LogP contribution in [0.2, 0.25) is 0 Å². The molecule has 0 fully saturated rings. The molecule has 0 aliphatic heterocycles. The van der Waals surface area contributed by atoms with Crippen LogP contribution in [0.4, 0.5) is 5.69 Å². The molecule has 2 aromatic rings. The van der Waals surface area contributed by atoms with Gasteiger partial charge in [-0.1, -0.05) is 31.1 Å². The van der Waals surface area contributed by atoms with Crippen molar-refractivity contribution < 1.29 is 9.32 Å². The smallest absolute Gasteiger partial charge is 0.226 e. The van der Waals surface area contributed by atoms with Crippen LogP contribution in [0.5, 0.6) is 0 Å². The largest absolute Gasteiger partial charge is 0.339 e. The highest BCUT2D eigenvalue weighted by atomic mass is 16.5. The monoisotopic (exact) mass is 301 g/mol. The maximum Gasteiger partial charge on any atom is 0.226 e. The van der Waals surface area contributed by atoms with Gasteiger partial charge in [0.05, 0.1) is 0 Å². The molecule has 22 heavy (non-hydrogen) atoms. The first-order chi connectivity index (χ1) is 10.5. The van der Waals surface area contributed by atoms with Crippen molar-refractivity contribution in [1.82, 2.24) is 10.1 Å². The summed E-state index contributed by atoms with van der Waals surface area (Å²) in [7, 11) is 0. The van der Waals surface area contributed by atoms with Crippen molar-refractivity contribution in [3.63, 3.8) is 0 Å². The van der Waals surface area contributed by atoms with E-state index in [2.05, 4.69) is 15.5 Å². The van der Waals surface area contributed by atoms with Crippen LogP contribution in [0.3, 0.4) is 0 Å². The Labute approximate surface area is 131 Å². The van der Waals surface area contributed by atoms with Crippen LogP contribution in [-0.4, -0.2) is 16.0 Å². The van der Waals surface area contributed by atoms with Crippen molar-refractivity contribution >= 4 is 11.6 Å². The number of carbonyl (C=O) groups excluding carboxylic acids is 1. The van der Waals surface area contributed by atoms with Gasteiger partial charge in [-0.3, -0.25) is 4.79 Å². The summed E-state index contributed by atoms with van der Waals surface area (Å²) in [6, 6.07) is 5.91. The van der Waals surface area contributed by atoms with Crippen LogP contribution >= 0.6 is 0 Å². The summed E-state index contributed by atoms with van der Waals surface area (Å²) >= 11 is 0. The van der Waals surface area contributed by atoms with E-state index in [1.165, 1.54) is 5.56 Å². The molecule has 0 spiro atoms. The summed E-state index contributed by atoms with van der Waals surface area (Å²) in [5.74, 6) is 1.58. The third kappa shape index (κ3) is 4.16. The number of nitrogens with one attached hydrogen (secondary N) is 1. The molecular weight excluding hydrogens is 278 g/mol. The maximum absolute atomic E-state index is 12.0. The van der Waals surface area contributed by atoms with E-state index in [4.69, 9.17) is 4.52 Å². The van der Waals surface area contributed by atoms with Gasteiger partial charge in [0.15, 0.2) is 5.82 Å². The van der Waals surface area contributed by atoms with Gasteiger partial charge >= 0.3 is 0 Å². The Morgan fingerprint density at radius 3 is 2.77 bits per heavy atom. The average Bonchev–Trinajstić information content (AvgIpc) is 2.93. The molecule has 0 radical (unpaired) electrons. The standard InChI is InChI=1S/C17H23N3O2/c1-11(2)17-19-16(22-20-17)10-6-9-15(21)18-14-8-5-7-12(3)13(14)4/h5,7-8,11H,6,9-10H2,1-4H3,(H,18,21). The van der Waals surface area contributed by atoms with Gasteiger partial charge in [-0.15, -0.1) is 0 Å². The molecule has 0 saturated heterocycles. The Morgan fingerprint density at radius 2 is 2.09 bits per heavy atom. The van der Waals surface area contributed by atoms with E-state index < -0.39 is 0 Å². The molecule has 0 saturated carbocycles. The molecule has 1 heterocycles. The van der Waals surface area contributed by atoms with Gasteiger partial charge in [0, 0.05) is 24.4 Å². The first-order valence-corrected chi connectivity index (χ1v) is 7.66. The van der Waals surface area contributed by atoms with E-state index in [0.29, 0.717) is 25.2 Å². The third-order valence-corrected chi connectivity index (χ3v) is 3.67. The van der Waals surface area contributed by atoms with Crippen molar-refractivity contribution in [3.8, 4) is 0 Å². The highest BCUT2D eigenvalue weighted by molar-refractivity contribution is 5.91. The molecule has 1 N–H and O–H groups in total. The molecule has 0 atom stereocenters. The van der Waals surface area contributed by atoms with Crippen molar-refractivity contribution in [2.24, 2.45) is 0 Å². The second-order valence-corrected chi connectivity index (χ2v) is 5.85. The van der Waals surface area contributed by atoms with Crippen molar-refractivity contribution in [2.75, 3.05) is 5.32 Å². The maximum atomic E-state index is 12.0. The lowest BCUT2D eigenvalue weighted by atomic mass is 10.1. The molecular formula is C17H23N3O2. The Kier molecular flexibility index (Phi) is 5.31. The number of nitrogens with zero attached hydrogens (tertiary/aromatic N) is 2. The second kappa shape index (κ2) is 7.20. The van der Waals surface area contributed by atoms with Crippen LogP contribution in [0.1, 0.15) is 55.4 Å². The predicted octanol–water partition coefficient (Wildman–Crippen LogP) is 3.77. The molecule has 0 aliphatic carbocycles. The number of aryl methyl sites for hydroxylation is 2. The van der Waals surface area contributed by atoms with E-state index in [-0.39, 0.29) is 11.8 Å². The fourth-order valence-corrected chi connectivity index (χ4v) is 2.10. The zero-order valence-electron chi connectivity index (χ0n) is 13.6. The molecule has 2 rings (SSSR count). The summed E-state index contributed by atoms with van der Waals surface area (Å²) in [5.41, 5.74) is 3.16. The first kappa shape index (κ1) is 16.2. The summed E-state index contributed by atoms with van der Waals surface area (Å²) in [6.07, 6.45) is 1.75. The number of carbonyl (C=O) groups is 1. The summed E-state index contributed by atoms with van der Waals surface area (Å²) < 4.78 is 5.17. The lowest BCUT2D eigenvalue weighted by molar-refractivity contribution is -0.116. The lowest BCUT2D eigenvalue weighted by Crippen LogP contribution is -2.12. The minimum absolute atomic E-state index is 0.0114. The summed E-state index contributed by atoms with van der Waals surface area (Å²) in [4.78, 5) is 16.3. The van der Waals surface area contributed by atoms with E-state index in [1.54, 1.807) is 0 Å². The van der Waals surface area contributed by atoms with Crippen molar-refractivity contribution in [2.45, 2.75) is 52.9 Å². The van der Waals surface area contributed by atoms with E-state index in [0.717, 1.165) is 17.1 Å². The molecule has 1 aromatic carbocycles. The Bertz CT molecular complexity index is 647. The van der Waals surface area contributed by atoms with Crippen LogP contribution in [0, 0.1) is 13.8 Å². The van der Waals surface area contributed by atoms with Crippen LogP contribution in [-0.2, 0) is 11.2 Å². The van der Waals surface area contributed by atoms with Crippen molar-refractivity contribution in [3.05, 3.63) is 41.0 Å². The molecule has 1 aromatic heterocycles. The van der Waals surface area contributed by atoms with Gasteiger partial charge in [0.1, 0.15) is 0 Å². The van der Waals surface area contributed by atoms with E-state index in [1.807, 2.05) is 45.9 Å². The number of aromatic nitrogens is 2. The Balaban J connectivity index is 1.81.